The monoisotopic (exact) mass is 422 g/mol. The molecule has 154 valence electrons. The van der Waals surface area contributed by atoms with Crippen molar-refractivity contribution < 1.29 is 14.0 Å². The third-order valence-corrected chi connectivity index (χ3v) is 6.61. The van der Waals surface area contributed by atoms with E-state index in [-0.39, 0.29) is 17.3 Å². The van der Waals surface area contributed by atoms with Crippen LogP contribution in [-0.2, 0) is 11.3 Å². The summed E-state index contributed by atoms with van der Waals surface area (Å²) < 4.78 is 13.9. The third-order valence-electron chi connectivity index (χ3n) is 5.70. The SMILES string of the molecule is CC1=CC(C)(C)N(C)c2ccc(/C=C3\SC(=O)N(Cc4ccccc4F)C3=O)cc21. The van der Waals surface area contributed by atoms with Crippen LogP contribution in [0.25, 0.3) is 11.6 Å². The van der Waals surface area contributed by atoms with E-state index >= 15 is 0 Å². The van der Waals surface area contributed by atoms with Crippen LogP contribution in [-0.4, -0.2) is 28.6 Å². The highest BCUT2D eigenvalue weighted by Crippen LogP contribution is 2.39. The maximum Gasteiger partial charge on any atom is 0.293 e. The summed E-state index contributed by atoms with van der Waals surface area (Å²) in [6.07, 6.45) is 3.96. The molecule has 0 radical (unpaired) electrons. The molecule has 4 rings (SSSR count). The van der Waals surface area contributed by atoms with Gasteiger partial charge in [-0.1, -0.05) is 30.3 Å². The van der Waals surface area contributed by atoms with Gasteiger partial charge in [0.25, 0.3) is 11.1 Å². The largest absolute Gasteiger partial charge is 0.366 e. The lowest BCUT2D eigenvalue weighted by Crippen LogP contribution is -2.42. The second kappa shape index (κ2) is 7.43. The lowest BCUT2D eigenvalue weighted by atomic mass is 9.88. The van der Waals surface area contributed by atoms with E-state index in [0.717, 1.165) is 33.5 Å². The Kier molecular flexibility index (Phi) is 5.06. The summed E-state index contributed by atoms with van der Waals surface area (Å²) in [5.74, 6) is -0.819. The fourth-order valence-electron chi connectivity index (χ4n) is 3.85. The van der Waals surface area contributed by atoms with Gasteiger partial charge < -0.3 is 4.90 Å². The molecule has 0 unspecified atom stereocenters. The van der Waals surface area contributed by atoms with Gasteiger partial charge in [-0.2, -0.15) is 0 Å². The number of benzene rings is 2. The lowest BCUT2D eigenvalue weighted by molar-refractivity contribution is -0.123. The summed E-state index contributed by atoms with van der Waals surface area (Å²) in [4.78, 5) is 28.9. The molecule has 1 saturated heterocycles. The van der Waals surface area contributed by atoms with Gasteiger partial charge >= 0.3 is 0 Å². The Labute approximate surface area is 180 Å². The zero-order chi connectivity index (χ0) is 21.6. The fraction of sp³-hybridized carbons (Fsp3) is 0.250. The van der Waals surface area contributed by atoms with Gasteiger partial charge in [-0.25, -0.2) is 4.39 Å². The molecule has 2 amide bonds. The average molecular weight is 423 g/mol. The maximum absolute atomic E-state index is 13.9. The molecule has 2 aromatic rings. The summed E-state index contributed by atoms with van der Waals surface area (Å²) in [6.45, 7) is 6.35. The van der Waals surface area contributed by atoms with Gasteiger partial charge in [0.05, 0.1) is 17.0 Å². The van der Waals surface area contributed by atoms with E-state index in [9.17, 15) is 14.0 Å². The van der Waals surface area contributed by atoms with Crippen LogP contribution in [0.4, 0.5) is 14.9 Å². The minimum absolute atomic E-state index is 0.0689. The molecule has 0 aromatic heterocycles. The molecule has 0 atom stereocenters. The van der Waals surface area contributed by atoms with Gasteiger partial charge in [0.2, 0.25) is 0 Å². The smallest absolute Gasteiger partial charge is 0.293 e. The number of thioether (sulfide) groups is 1. The highest BCUT2D eigenvalue weighted by Gasteiger charge is 2.35. The summed E-state index contributed by atoms with van der Waals surface area (Å²) in [6, 6.07) is 12.2. The van der Waals surface area contributed by atoms with Gasteiger partial charge in [0.15, 0.2) is 0 Å². The number of halogens is 1. The number of anilines is 1. The molecular formula is C24H23FN2O2S. The van der Waals surface area contributed by atoms with Crippen LogP contribution in [0.3, 0.4) is 0 Å². The van der Waals surface area contributed by atoms with E-state index in [1.807, 2.05) is 18.2 Å². The molecule has 2 aliphatic rings. The van der Waals surface area contributed by atoms with Gasteiger partial charge in [-0.15, -0.1) is 0 Å². The Hall–Kier alpha value is -2.86. The molecule has 6 heteroatoms. The maximum atomic E-state index is 13.9. The minimum atomic E-state index is -0.426. The first-order chi connectivity index (χ1) is 14.2. The Morgan fingerprint density at radius 2 is 1.87 bits per heavy atom. The standard InChI is InChI=1S/C24H23FN2O2S/c1-15-13-24(2,3)26(4)20-10-9-16(11-18(15)20)12-21-22(28)27(23(29)30-21)14-17-7-5-6-8-19(17)25/h5-13H,14H2,1-4H3/b21-12-. The number of amides is 2. The molecule has 2 aliphatic heterocycles. The molecular weight excluding hydrogens is 399 g/mol. The number of carbonyl (C=O) groups excluding carboxylic acids is 2. The molecule has 1 fully saturated rings. The zero-order valence-corrected chi connectivity index (χ0v) is 18.2. The van der Waals surface area contributed by atoms with Gasteiger partial charge in [0, 0.05) is 23.9 Å². The minimum Gasteiger partial charge on any atom is -0.366 e. The van der Waals surface area contributed by atoms with Crippen molar-refractivity contribution in [2.24, 2.45) is 0 Å². The molecule has 0 spiro atoms. The average Bonchev–Trinajstić information content (AvgIpc) is 2.95. The van der Waals surface area contributed by atoms with E-state index in [1.165, 1.54) is 11.6 Å². The lowest BCUT2D eigenvalue weighted by Gasteiger charge is -2.40. The number of hydrogen-bond acceptors (Lipinski definition) is 4. The Balaban J connectivity index is 1.62. The molecule has 4 nitrogen and oxygen atoms in total. The highest BCUT2D eigenvalue weighted by molar-refractivity contribution is 8.18. The number of allylic oxidation sites excluding steroid dienone is 1. The number of rotatable bonds is 3. The van der Waals surface area contributed by atoms with E-state index in [2.05, 4.69) is 38.8 Å². The number of likely N-dealkylation sites (N-methyl/N-ethyl adjacent to an activating group) is 1. The molecule has 0 bridgehead atoms. The molecule has 0 saturated carbocycles. The van der Waals surface area contributed by atoms with E-state index in [1.54, 1.807) is 24.3 Å². The molecule has 0 aliphatic carbocycles. The van der Waals surface area contributed by atoms with Crippen LogP contribution in [0.5, 0.6) is 0 Å². The van der Waals surface area contributed by atoms with Gasteiger partial charge in [-0.05, 0) is 67.9 Å². The van der Waals surface area contributed by atoms with Crippen LogP contribution >= 0.6 is 11.8 Å². The van der Waals surface area contributed by atoms with Crippen molar-refractivity contribution in [1.82, 2.24) is 4.90 Å². The predicted octanol–water partition coefficient (Wildman–Crippen LogP) is 5.69. The Morgan fingerprint density at radius 3 is 2.60 bits per heavy atom. The summed E-state index contributed by atoms with van der Waals surface area (Å²) in [5.41, 5.74) is 4.51. The van der Waals surface area contributed by atoms with Crippen LogP contribution in [0, 0.1) is 5.82 Å². The van der Waals surface area contributed by atoms with Crippen molar-refractivity contribution in [3.8, 4) is 0 Å². The third kappa shape index (κ3) is 3.56. The predicted molar refractivity (Wildman–Crippen MR) is 120 cm³/mol. The van der Waals surface area contributed by atoms with Crippen molar-refractivity contribution >= 4 is 40.2 Å². The molecule has 0 N–H and O–H groups in total. The summed E-state index contributed by atoms with van der Waals surface area (Å²) >= 11 is 0.891. The topological polar surface area (TPSA) is 40.6 Å². The quantitative estimate of drug-likeness (QED) is 0.596. The molecule has 30 heavy (non-hydrogen) atoms. The summed E-state index contributed by atoms with van der Waals surface area (Å²) in [7, 11) is 2.06. The Bertz CT molecular complexity index is 1120. The number of nitrogens with zero attached hydrogens (tertiary/aromatic N) is 2. The first kappa shape index (κ1) is 20.4. The van der Waals surface area contributed by atoms with Gasteiger partial charge in [0.1, 0.15) is 5.82 Å². The number of imide groups is 1. The molecule has 2 heterocycles. The van der Waals surface area contributed by atoms with Crippen molar-refractivity contribution in [1.29, 1.82) is 0 Å². The first-order valence-electron chi connectivity index (χ1n) is 9.74. The van der Waals surface area contributed by atoms with E-state index in [0.29, 0.717) is 10.5 Å². The molecule has 2 aromatic carbocycles. The highest BCUT2D eigenvalue weighted by atomic mass is 32.2. The van der Waals surface area contributed by atoms with Crippen molar-refractivity contribution in [3.63, 3.8) is 0 Å². The Morgan fingerprint density at radius 1 is 1.13 bits per heavy atom. The second-order valence-electron chi connectivity index (χ2n) is 8.18. The van der Waals surface area contributed by atoms with Crippen LogP contribution in [0.2, 0.25) is 0 Å². The van der Waals surface area contributed by atoms with E-state index in [4.69, 9.17) is 0 Å². The van der Waals surface area contributed by atoms with Gasteiger partial charge in [-0.3, -0.25) is 14.5 Å². The number of carbonyl (C=O) groups is 2. The van der Waals surface area contributed by atoms with Crippen LogP contribution < -0.4 is 4.90 Å². The zero-order valence-electron chi connectivity index (χ0n) is 17.4. The van der Waals surface area contributed by atoms with Crippen LogP contribution in [0.15, 0.2) is 53.4 Å². The first-order valence-corrected chi connectivity index (χ1v) is 10.6. The second-order valence-corrected chi connectivity index (χ2v) is 9.17. The normalized spacial score (nSPS) is 19.4. The fourth-order valence-corrected chi connectivity index (χ4v) is 4.69. The number of hydrogen-bond donors (Lipinski definition) is 0. The summed E-state index contributed by atoms with van der Waals surface area (Å²) in [5, 5.41) is -0.384. The van der Waals surface area contributed by atoms with Crippen molar-refractivity contribution in [3.05, 3.63) is 76.0 Å². The number of fused-ring (bicyclic) bond motifs is 1. The van der Waals surface area contributed by atoms with Crippen molar-refractivity contribution in [2.75, 3.05) is 11.9 Å². The van der Waals surface area contributed by atoms with E-state index < -0.39 is 11.7 Å². The van der Waals surface area contributed by atoms with Crippen LogP contribution in [0.1, 0.15) is 37.5 Å². The van der Waals surface area contributed by atoms with Crippen molar-refractivity contribution in [2.45, 2.75) is 32.9 Å².